The third-order valence-electron chi connectivity index (χ3n) is 8.08. The molecule has 0 saturated carbocycles. The van der Waals surface area contributed by atoms with Gasteiger partial charge in [-0.3, -0.25) is 0 Å². The number of likely N-dealkylation sites (tertiary alicyclic amines) is 1. The smallest absolute Gasteiger partial charge is 0.339 e. The molecular formula is C30H31NO2. The predicted octanol–water partition coefficient (Wildman–Crippen LogP) is 5.86. The second-order valence-corrected chi connectivity index (χ2v) is 9.86. The normalized spacial score (nSPS) is 19.5. The van der Waals surface area contributed by atoms with Crippen molar-refractivity contribution in [3.63, 3.8) is 0 Å². The Morgan fingerprint density at radius 1 is 0.818 bits per heavy atom. The maximum absolute atomic E-state index is 12.4. The van der Waals surface area contributed by atoms with E-state index in [4.69, 9.17) is 4.74 Å². The number of nitrogens with zero attached hydrogens (tertiary/aromatic N) is 1. The van der Waals surface area contributed by atoms with Gasteiger partial charge in [0.15, 0.2) is 0 Å². The summed E-state index contributed by atoms with van der Waals surface area (Å²) in [6.45, 7) is 3.07. The average molecular weight is 438 g/mol. The molecule has 0 bridgehead atoms. The number of fused-ring (bicyclic) bond motifs is 4. The molecule has 3 aromatic carbocycles. The molecule has 1 aliphatic carbocycles. The minimum Gasteiger partial charge on any atom is -0.450 e. The van der Waals surface area contributed by atoms with E-state index in [0.717, 1.165) is 56.4 Å². The van der Waals surface area contributed by atoms with Crippen molar-refractivity contribution in [2.24, 2.45) is 0 Å². The molecule has 0 unspecified atom stereocenters. The summed E-state index contributed by atoms with van der Waals surface area (Å²) in [7, 11) is 0. The monoisotopic (exact) mass is 437 g/mol. The quantitative estimate of drug-likeness (QED) is 0.479. The number of esters is 1. The molecule has 168 valence electrons. The highest BCUT2D eigenvalue weighted by molar-refractivity contribution is 5.94. The van der Waals surface area contributed by atoms with Crippen LogP contribution >= 0.6 is 0 Å². The average Bonchev–Trinajstić information content (AvgIpc) is 3.03. The van der Waals surface area contributed by atoms with Gasteiger partial charge in [0.25, 0.3) is 0 Å². The summed E-state index contributed by atoms with van der Waals surface area (Å²) in [5.74, 6) is 0.337. The van der Waals surface area contributed by atoms with Crippen LogP contribution in [0, 0.1) is 0 Å². The first kappa shape index (κ1) is 20.7. The molecule has 0 aromatic heterocycles. The number of ether oxygens (including phenoxy) is 1. The zero-order chi connectivity index (χ0) is 22.3. The molecule has 0 N–H and O–H groups in total. The lowest BCUT2D eigenvalue weighted by Gasteiger charge is -2.38. The highest BCUT2D eigenvalue weighted by Gasteiger charge is 2.46. The Kier molecular flexibility index (Phi) is 5.30. The van der Waals surface area contributed by atoms with E-state index in [-0.39, 0.29) is 5.97 Å². The first-order chi connectivity index (χ1) is 16.2. The highest BCUT2D eigenvalue weighted by atomic mass is 16.6. The van der Waals surface area contributed by atoms with Gasteiger partial charge in [-0.25, -0.2) is 4.79 Å². The SMILES string of the molecule is O=C1OC2(CCN(CCCC3c4ccccc4CCc4ccccc43)CC2)c2ccccc21. The largest absolute Gasteiger partial charge is 0.450 e. The molecule has 33 heavy (non-hydrogen) atoms. The van der Waals surface area contributed by atoms with Gasteiger partial charge in [0.1, 0.15) is 5.60 Å². The number of hydrogen-bond acceptors (Lipinski definition) is 3. The van der Waals surface area contributed by atoms with Crippen molar-refractivity contribution in [3.8, 4) is 0 Å². The molecule has 3 aromatic rings. The minimum absolute atomic E-state index is 0.148. The molecule has 2 aliphatic heterocycles. The van der Waals surface area contributed by atoms with E-state index in [1.807, 2.05) is 18.2 Å². The molecule has 3 nitrogen and oxygen atoms in total. The van der Waals surface area contributed by atoms with Gasteiger partial charge >= 0.3 is 5.97 Å². The molecule has 6 rings (SSSR count). The summed E-state index contributed by atoms with van der Waals surface area (Å²) < 4.78 is 5.93. The zero-order valence-electron chi connectivity index (χ0n) is 19.1. The number of aryl methyl sites for hydroxylation is 2. The number of carbonyl (C=O) groups is 1. The Morgan fingerprint density at radius 3 is 2.12 bits per heavy atom. The summed E-state index contributed by atoms with van der Waals surface area (Å²) in [5, 5.41) is 0. The van der Waals surface area contributed by atoms with E-state index in [2.05, 4.69) is 59.5 Å². The van der Waals surface area contributed by atoms with Gasteiger partial charge in [0, 0.05) is 37.4 Å². The van der Waals surface area contributed by atoms with Crippen molar-refractivity contribution in [3.05, 3.63) is 106 Å². The molecular weight excluding hydrogens is 406 g/mol. The molecule has 1 spiro atoms. The second kappa shape index (κ2) is 8.46. The number of hydrogen-bond donors (Lipinski definition) is 0. The topological polar surface area (TPSA) is 29.5 Å². The fourth-order valence-electron chi connectivity index (χ4n) is 6.33. The van der Waals surface area contributed by atoms with Crippen molar-refractivity contribution < 1.29 is 9.53 Å². The minimum atomic E-state index is -0.399. The maximum atomic E-state index is 12.4. The van der Waals surface area contributed by atoms with Crippen LogP contribution in [-0.2, 0) is 23.2 Å². The maximum Gasteiger partial charge on any atom is 0.339 e. The van der Waals surface area contributed by atoms with Crippen molar-refractivity contribution in [1.29, 1.82) is 0 Å². The first-order valence-corrected chi connectivity index (χ1v) is 12.4. The molecule has 0 atom stereocenters. The Bertz CT molecular complexity index is 1130. The molecule has 3 aliphatic rings. The van der Waals surface area contributed by atoms with E-state index in [9.17, 15) is 4.79 Å². The van der Waals surface area contributed by atoms with Crippen LogP contribution in [0.15, 0.2) is 72.8 Å². The van der Waals surface area contributed by atoms with E-state index in [0.29, 0.717) is 5.92 Å². The Hall–Kier alpha value is -2.91. The van der Waals surface area contributed by atoms with Crippen LogP contribution in [-0.4, -0.2) is 30.5 Å². The lowest BCUT2D eigenvalue weighted by Crippen LogP contribution is -2.43. The van der Waals surface area contributed by atoms with Crippen LogP contribution in [0.1, 0.15) is 69.8 Å². The fraction of sp³-hybridized carbons (Fsp3) is 0.367. The van der Waals surface area contributed by atoms with E-state index < -0.39 is 5.60 Å². The second-order valence-electron chi connectivity index (χ2n) is 9.86. The van der Waals surface area contributed by atoms with Crippen LogP contribution < -0.4 is 0 Å². The van der Waals surface area contributed by atoms with Gasteiger partial charge in [0.2, 0.25) is 0 Å². The Balaban J connectivity index is 1.13. The van der Waals surface area contributed by atoms with Gasteiger partial charge in [-0.15, -0.1) is 0 Å². The van der Waals surface area contributed by atoms with Gasteiger partial charge in [-0.05, 0) is 60.5 Å². The highest BCUT2D eigenvalue weighted by Crippen LogP contribution is 2.44. The van der Waals surface area contributed by atoms with E-state index in [1.165, 1.54) is 35.1 Å². The van der Waals surface area contributed by atoms with Crippen LogP contribution in [0.5, 0.6) is 0 Å². The molecule has 0 amide bonds. The Labute approximate surface area is 196 Å². The number of benzene rings is 3. The van der Waals surface area contributed by atoms with Crippen LogP contribution in [0.4, 0.5) is 0 Å². The summed E-state index contributed by atoms with van der Waals surface area (Å²) >= 11 is 0. The molecule has 1 saturated heterocycles. The van der Waals surface area contributed by atoms with Crippen molar-refractivity contribution in [2.75, 3.05) is 19.6 Å². The molecule has 2 heterocycles. The van der Waals surface area contributed by atoms with Crippen LogP contribution in [0.25, 0.3) is 0 Å². The van der Waals surface area contributed by atoms with Crippen molar-refractivity contribution >= 4 is 5.97 Å². The van der Waals surface area contributed by atoms with E-state index in [1.54, 1.807) is 0 Å². The number of rotatable bonds is 4. The zero-order valence-corrected chi connectivity index (χ0v) is 19.1. The summed E-state index contributed by atoms with van der Waals surface area (Å²) in [6, 6.07) is 26.0. The van der Waals surface area contributed by atoms with Crippen molar-refractivity contribution in [2.45, 2.75) is 50.0 Å². The van der Waals surface area contributed by atoms with E-state index >= 15 is 0 Å². The lowest BCUT2D eigenvalue weighted by atomic mass is 9.83. The van der Waals surface area contributed by atoms with Gasteiger partial charge in [-0.2, -0.15) is 0 Å². The third-order valence-corrected chi connectivity index (χ3v) is 8.08. The summed E-state index contributed by atoms with van der Waals surface area (Å²) in [4.78, 5) is 14.9. The number of carbonyl (C=O) groups excluding carboxylic acids is 1. The standard InChI is InChI=1S/C30H31NO2/c32-29-27-12-5-6-14-28(27)30(33-29)17-20-31(21-18-30)19-7-13-26-24-10-3-1-8-22(24)15-16-23-9-2-4-11-25(23)26/h1-6,8-12,14,26H,7,13,15-21H2. The molecule has 0 radical (unpaired) electrons. The first-order valence-electron chi connectivity index (χ1n) is 12.4. The molecule has 1 fully saturated rings. The summed E-state index contributed by atoms with van der Waals surface area (Å²) in [5.41, 5.74) is 7.53. The number of piperidine rings is 1. The van der Waals surface area contributed by atoms with Crippen molar-refractivity contribution in [1.82, 2.24) is 4.90 Å². The predicted molar refractivity (Wildman–Crippen MR) is 131 cm³/mol. The lowest BCUT2D eigenvalue weighted by molar-refractivity contribution is -0.0430. The Morgan fingerprint density at radius 2 is 1.42 bits per heavy atom. The van der Waals surface area contributed by atoms with Crippen LogP contribution in [0.2, 0.25) is 0 Å². The summed E-state index contributed by atoms with van der Waals surface area (Å²) in [6.07, 6.45) is 6.41. The van der Waals surface area contributed by atoms with Crippen LogP contribution in [0.3, 0.4) is 0 Å². The van der Waals surface area contributed by atoms with Gasteiger partial charge < -0.3 is 9.64 Å². The fourth-order valence-corrected chi connectivity index (χ4v) is 6.33. The third kappa shape index (κ3) is 3.69. The van der Waals surface area contributed by atoms with Gasteiger partial charge in [0.05, 0.1) is 5.56 Å². The molecule has 3 heteroatoms. The van der Waals surface area contributed by atoms with Gasteiger partial charge in [-0.1, -0.05) is 66.7 Å².